The molecule has 6 heteroatoms. The van der Waals surface area contributed by atoms with Crippen LogP contribution >= 0.6 is 28.1 Å². The van der Waals surface area contributed by atoms with Crippen molar-refractivity contribution < 1.29 is 4.79 Å². The van der Waals surface area contributed by atoms with Crippen LogP contribution in [0.4, 0.5) is 5.82 Å². The van der Waals surface area contributed by atoms with Crippen molar-refractivity contribution in [3.05, 3.63) is 22.8 Å². The molecule has 0 aliphatic heterocycles. The van der Waals surface area contributed by atoms with E-state index >= 15 is 0 Å². The van der Waals surface area contributed by atoms with Crippen LogP contribution in [0, 0.1) is 5.92 Å². The van der Waals surface area contributed by atoms with Crippen molar-refractivity contribution in [2.45, 2.75) is 6.92 Å². The van der Waals surface area contributed by atoms with Crippen LogP contribution < -0.4 is 11.1 Å². The van der Waals surface area contributed by atoms with Gasteiger partial charge < -0.3 is 11.1 Å². The molecule has 1 atom stereocenters. The van der Waals surface area contributed by atoms with E-state index in [0.717, 1.165) is 0 Å². The maximum atomic E-state index is 11.6. The average Bonchev–Trinajstić information content (AvgIpc) is 2.20. The Kier molecular flexibility index (Phi) is 4.16. The summed E-state index contributed by atoms with van der Waals surface area (Å²) in [5.41, 5.74) is 5.37. The summed E-state index contributed by atoms with van der Waals surface area (Å²) in [6, 6.07) is 3.55. The zero-order valence-electron chi connectivity index (χ0n) is 8.03. The van der Waals surface area contributed by atoms with Gasteiger partial charge in [0.15, 0.2) is 0 Å². The van der Waals surface area contributed by atoms with Gasteiger partial charge in [-0.25, -0.2) is 4.98 Å². The number of nitrogens with one attached hydrogen (secondary N) is 1. The molecule has 1 aromatic rings. The van der Waals surface area contributed by atoms with Gasteiger partial charge in [-0.3, -0.25) is 4.79 Å². The van der Waals surface area contributed by atoms with Gasteiger partial charge in [0, 0.05) is 6.20 Å². The first-order valence-electron chi connectivity index (χ1n) is 4.23. The molecule has 0 saturated carbocycles. The lowest BCUT2D eigenvalue weighted by Crippen LogP contribution is -2.31. The average molecular weight is 288 g/mol. The highest BCUT2D eigenvalue weighted by atomic mass is 79.9. The fourth-order valence-electron chi connectivity index (χ4n) is 0.832. The summed E-state index contributed by atoms with van der Waals surface area (Å²) in [6.45, 7) is 1.65. The highest BCUT2D eigenvalue weighted by molar-refractivity contribution is 9.10. The maximum Gasteiger partial charge on any atom is 0.235 e. The molecule has 1 aromatic heterocycles. The molecule has 0 saturated heterocycles. The van der Waals surface area contributed by atoms with Crippen molar-refractivity contribution in [2.75, 3.05) is 5.32 Å². The number of carbonyl (C=O) groups excluding carboxylic acids is 1. The van der Waals surface area contributed by atoms with Crippen LogP contribution in [0.2, 0.25) is 0 Å². The molecule has 0 aliphatic carbocycles. The molecule has 0 aliphatic rings. The third-order valence-corrected chi connectivity index (χ3v) is 2.81. The Morgan fingerprint density at radius 1 is 1.73 bits per heavy atom. The Hall–Kier alpha value is -1.01. The summed E-state index contributed by atoms with van der Waals surface area (Å²) >= 11 is 8.00. The van der Waals surface area contributed by atoms with Crippen molar-refractivity contribution in [1.82, 2.24) is 4.98 Å². The molecule has 1 heterocycles. The first-order chi connectivity index (χ1) is 7.02. The van der Waals surface area contributed by atoms with Crippen LogP contribution in [-0.4, -0.2) is 15.9 Å². The van der Waals surface area contributed by atoms with Crippen LogP contribution in [0.5, 0.6) is 0 Å². The molecule has 0 bridgehead atoms. The van der Waals surface area contributed by atoms with Gasteiger partial charge in [0.25, 0.3) is 0 Å². The highest BCUT2D eigenvalue weighted by Crippen LogP contribution is 2.18. The second-order valence-corrected chi connectivity index (χ2v) is 4.27. The van der Waals surface area contributed by atoms with E-state index < -0.39 is 5.92 Å². The predicted molar refractivity (Wildman–Crippen MR) is 66.5 cm³/mol. The number of halogens is 1. The monoisotopic (exact) mass is 287 g/mol. The second kappa shape index (κ2) is 5.18. The van der Waals surface area contributed by atoms with Crippen LogP contribution in [0.3, 0.4) is 0 Å². The number of nitrogens with two attached hydrogens (primary N) is 1. The quantitative estimate of drug-likeness (QED) is 0.831. The molecule has 0 radical (unpaired) electrons. The number of nitrogens with zero attached hydrogens (tertiary/aromatic N) is 1. The Morgan fingerprint density at radius 2 is 2.40 bits per heavy atom. The number of amides is 1. The van der Waals surface area contributed by atoms with E-state index in [9.17, 15) is 4.79 Å². The van der Waals surface area contributed by atoms with E-state index in [2.05, 4.69) is 26.2 Å². The first-order valence-corrected chi connectivity index (χ1v) is 5.43. The molecule has 1 amide bonds. The molecule has 1 rings (SSSR count). The van der Waals surface area contributed by atoms with Gasteiger partial charge in [-0.1, -0.05) is 12.2 Å². The summed E-state index contributed by atoms with van der Waals surface area (Å²) in [4.78, 5) is 15.7. The summed E-state index contributed by atoms with van der Waals surface area (Å²) < 4.78 is 0.716. The third kappa shape index (κ3) is 3.24. The molecule has 4 nitrogen and oxygen atoms in total. The molecule has 0 aromatic carbocycles. The molecule has 3 N–H and O–H groups in total. The largest absolute Gasteiger partial charge is 0.393 e. The van der Waals surface area contributed by atoms with E-state index in [1.54, 1.807) is 25.3 Å². The summed E-state index contributed by atoms with van der Waals surface area (Å²) in [5, 5.41) is 2.63. The zero-order valence-corrected chi connectivity index (χ0v) is 10.4. The maximum absolute atomic E-state index is 11.6. The van der Waals surface area contributed by atoms with Gasteiger partial charge in [-0.15, -0.1) is 0 Å². The van der Waals surface area contributed by atoms with Gasteiger partial charge in [0.2, 0.25) is 5.91 Å². The Bertz CT molecular complexity index is 397. The minimum atomic E-state index is -0.506. The second-order valence-electron chi connectivity index (χ2n) is 2.95. The fraction of sp³-hybridized carbons (Fsp3) is 0.222. The lowest BCUT2D eigenvalue weighted by atomic mass is 10.1. The predicted octanol–water partition coefficient (Wildman–Crippen LogP) is 1.70. The number of hydrogen-bond acceptors (Lipinski definition) is 3. The number of anilines is 1. The lowest BCUT2D eigenvalue weighted by molar-refractivity contribution is -0.117. The van der Waals surface area contributed by atoms with Crippen LogP contribution in [-0.2, 0) is 4.79 Å². The summed E-state index contributed by atoms with van der Waals surface area (Å²) in [5.74, 6) is -0.304. The minimum absolute atomic E-state index is 0.166. The molecule has 0 fully saturated rings. The molecule has 1 unspecified atom stereocenters. The third-order valence-electron chi connectivity index (χ3n) is 1.82. The van der Waals surface area contributed by atoms with Gasteiger partial charge in [0.05, 0.1) is 15.4 Å². The van der Waals surface area contributed by atoms with Crippen molar-refractivity contribution in [1.29, 1.82) is 0 Å². The first kappa shape index (κ1) is 12.1. The van der Waals surface area contributed by atoms with E-state index in [4.69, 9.17) is 18.0 Å². The number of rotatable bonds is 3. The van der Waals surface area contributed by atoms with E-state index in [1.807, 2.05) is 0 Å². The van der Waals surface area contributed by atoms with Crippen molar-refractivity contribution in [2.24, 2.45) is 11.7 Å². The van der Waals surface area contributed by atoms with Crippen LogP contribution in [0.25, 0.3) is 0 Å². The smallest absolute Gasteiger partial charge is 0.235 e. The minimum Gasteiger partial charge on any atom is -0.393 e. The Morgan fingerprint density at radius 3 is 2.93 bits per heavy atom. The van der Waals surface area contributed by atoms with Crippen molar-refractivity contribution in [3.63, 3.8) is 0 Å². The molecular weight excluding hydrogens is 278 g/mol. The van der Waals surface area contributed by atoms with Crippen molar-refractivity contribution in [3.8, 4) is 0 Å². The van der Waals surface area contributed by atoms with Crippen LogP contribution in [0.1, 0.15) is 6.92 Å². The number of thiocarbonyl (C=S) groups is 1. The zero-order chi connectivity index (χ0) is 11.4. The molecule has 80 valence electrons. The number of carbonyl (C=O) groups is 1. The highest BCUT2D eigenvalue weighted by Gasteiger charge is 2.16. The summed E-state index contributed by atoms with van der Waals surface area (Å²) in [7, 11) is 0. The lowest BCUT2D eigenvalue weighted by Gasteiger charge is -2.10. The van der Waals surface area contributed by atoms with Gasteiger partial charge in [-0.2, -0.15) is 0 Å². The van der Waals surface area contributed by atoms with E-state index in [-0.39, 0.29) is 10.9 Å². The molecular formula is C9H10BrN3OS. The normalized spacial score (nSPS) is 11.9. The number of aromatic nitrogens is 1. The number of pyridine rings is 1. The van der Waals surface area contributed by atoms with Crippen LogP contribution in [0.15, 0.2) is 22.8 Å². The molecule has 15 heavy (non-hydrogen) atoms. The van der Waals surface area contributed by atoms with Crippen molar-refractivity contribution >= 4 is 44.9 Å². The van der Waals surface area contributed by atoms with Gasteiger partial charge in [0.1, 0.15) is 5.82 Å². The SMILES string of the molecule is CC(C(=O)Nc1ncccc1Br)C(N)=S. The number of hydrogen-bond donors (Lipinski definition) is 2. The Labute approximate surface area is 101 Å². The fourth-order valence-corrected chi connectivity index (χ4v) is 1.29. The Balaban J connectivity index is 2.75. The summed E-state index contributed by atoms with van der Waals surface area (Å²) in [6.07, 6.45) is 1.59. The van der Waals surface area contributed by atoms with Gasteiger partial charge >= 0.3 is 0 Å². The standard InChI is InChI=1S/C9H10BrN3OS/c1-5(7(11)15)9(14)13-8-6(10)3-2-4-12-8/h2-5H,1H3,(H2,11,15)(H,12,13,14). The molecule has 0 spiro atoms. The van der Waals surface area contributed by atoms with Gasteiger partial charge in [-0.05, 0) is 35.0 Å². The topological polar surface area (TPSA) is 68.0 Å². The van der Waals surface area contributed by atoms with E-state index in [0.29, 0.717) is 10.3 Å². The van der Waals surface area contributed by atoms with E-state index in [1.165, 1.54) is 0 Å².